The third-order valence-corrected chi connectivity index (χ3v) is 2.12. The van der Waals surface area contributed by atoms with Crippen LogP contribution in [-0.4, -0.2) is 19.9 Å². The number of thioether (sulfide) groups is 1. The second kappa shape index (κ2) is 3.41. The van der Waals surface area contributed by atoms with Crippen LogP contribution in [0.15, 0.2) is 12.7 Å². The van der Waals surface area contributed by atoms with Gasteiger partial charge in [-0.15, -0.1) is 0 Å². The van der Waals surface area contributed by atoms with Crippen molar-refractivity contribution in [3.8, 4) is 5.40 Å². The van der Waals surface area contributed by atoms with Crippen molar-refractivity contribution >= 4 is 22.9 Å². The number of nitrogens with one attached hydrogen (secondary N) is 1. The molecule has 0 amide bonds. The number of fused-ring (bicyclic) bond motifs is 1. The van der Waals surface area contributed by atoms with Gasteiger partial charge in [-0.2, -0.15) is 5.26 Å². The normalized spacial score (nSPS) is 10.1. The topological polar surface area (TPSA) is 78.2 Å². The van der Waals surface area contributed by atoms with Gasteiger partial charge in [0.2, 0.25) is 0 Å². The molecule has 13 heavy (non-hydrogen) atoms. The third kappa shape index (κ3) is 1.46. The first-order chi connectivity index (χ1) is 6.42. The fraction of sp³-hybridized carbons (Fsp3) is 0.143. The highest BCUT2D eigenvalue weighted by Gasteiger charge is 2.04. The van der Waals surface area contributed by atoms with Crippen molar-refractivity contribution in [1.82, 2.24) is 19.9 Å². The molecular formula is C7H5N5S. The van der Waals surface area contributed by atoms with E-state index in [0.717, 1.165) is 23.0 Å². The maximum atomic E-state index is 8.39. The standard InChI is InChI=1S/C7H5N5S/c8-2-13-1-5-6-7(11-3-9-5)12-4-10-6/h3-4H,1H2,(H,9,10,11,12). The molecule has 0 unspecified atom stereocenters. The predicted molar refractivity (Wildman–Crippen MR) is 48.6 cm³/mol. The van der Waals surface area contributed by atoms with E-state index in [1.54, 1.807) is 6.33 Å². The SMILES string of the molecule is N#CSCc1ncnc2nc[nH]c12. The van der Waals surface area contributed by atoms with E-state index in [2.05, 4.69) is 19.9 Å². The molecule has 0 spiro atoms. The summed E-state index contributed by atoms with van der Waals surface area (Å²) in [6, 6.07) is 0. The maximum Gasteiger partial charge on any atom is 0.180 e. The van der Waals surface area contributed by atoms with Gasteiger partial charge in [-0.3, -0.25) is 0 Å². The van der Waals surface area contributed by atoms with Crippen molar-refractivity contribution in [2.75, 3.05) is 0 Å². The molecule has 0 aliphatic heterocycles. The second-order valence-corrected chi connectivity index (χ2v) is 3.06. The Hall–Kier alpha value is -1.61. The quantitative estimate of drug-likeness (QED) is 0.718. The lowest BCUT2D eigenvalue weighted by atomic mass is 10.4. The summed E-state index contributed by atoms with van der Waals surface area (Å²) in [7, 11) is 0. The summed E-state index contributed by atoms with van der Waals surface area (Å²) in [5.41, 5.74) is 2.27. The summed E-state index contributed by atoms with van der Waals surface area (Å²) in [5.74, 6) is 0.553. The molecule has 0 atom stereocenters. The summed E-state index contributed by atoms with van der Waals surface area (Å²) >= 11 is 1.15. The zero-order chi connectivity index (χ0) is 9.10. The van der Waals surface area contributed by atoms with Crippen molar-refractivity contribution in [3.05, 3.63) is 18.3 Å². The number of hydrogen-bond acceptors (Lipinski definition) is 5. The van der Waals surface area contributed by atoms with Gasteiger partial charge < -0.3 is 4.98 Å². The van der Waals surface area contributed by atoms with E-state index in [-0.39, 0.29) is 0 Å². The Kier molecular flexibility index (Phi) is 2.10. The van der Waals surface area contributed by atoms with Gasteiger partial charge in [0.1, 0.15) is 17.2 Å². The molecule has 0 saturated heterocycles. The van der Waals surface area contributed by atoms with Gasteiger partial charge in [0, 0.05) is 0 Å². The Balaban J connectivity index is 2.44. The van der Waals surface area contributed by atoms with Crippen LogP contribution in [-0.2, 0) is 5.75 Å². The van der Waals surface area contributed by atoms with E-state index in [1.807, 2.05) is 5.40 Å². The van der Waals surface area contributed by atoms with Crippen LogP contribution in [0.5, 0.6) is 0 Å². The highest BCUT2D eigenvalue weighted by Crippen LogP contribution is 2.14. The maximum absolute atomic E-state index is 8.39. The molecule has 2 heterocycles. The number of rotatable bonds is 2. The third-order valence-electron chi connectivity index (χ3n) is 1.57. The molecule has 64 valence electrons. The van der Waals surface area contributed by atoms with E-state index in [0.29, 0.717) is 11.4 Å². The first-order valence-electron chi connectivity index (χ1n) is 3.55. The van der Waals surface area contributed by atoms with Crippen molar-refractivity contribution in [3.63, 3.8) is 0 Å². The Morgan fingerprint density at radius 3 is 3.23 bits per heavy atom. The van der Waals surface area contributed by atoms with Crippen LogP contribution >= 0.6 is 11.8 Å². The highest BCUT2D eigenvalue weighted by atomic mass is 32.2. The molecular weight excluding hydrogens is 186 g/mol. The number of nitrogens with zero attached hydrogens (tertiary/aromatic N) is 4. The van der Waals surface area contributed by atoms with Crippen LogP contribution in [0.3, 0.4) is 0 Å². The number of aromatic amines is 1. The molecule has 0 fully saturated rings. The predicted octanol–water partition coefficient (Wildman–Crippen LogP) is 1.07. The lowest BCUT2D eigenvalue weighted by Gasteiger charge is -1.95. The van der Waals surface area contributed by atoms with Crippen molar-refractivity contribution in [2.24, 2.45) is 0 Å². The van der Waals surface area contributed by atoms with Crippen LogP contribution in [0.25, 0.3) is 11.2 Å². The summed E-state index contributed by atoms with van der Waals surface area (Å²) in [6.07, 6.45) is 3.02. The Morgan fingerprint density at radius 2 is 2.38 bits per heavy atom. The summed E-state index contributed by atoms with van der Waals surface area (Å²) < 4.78 is 0. The first kappa shape index (κ1) is 8.01. The van der Waals surface area contributed by atoms with Gasteiger partial charge in [-0.05, 0) is 11.8 Å². The summed E-state index contributed by atoms with van der Waals surface area (Å²) in [5, 5.41) is 10.4. The molecule has 0 aromatic carbocycles. The van der Waals surface area contributed by atoms with E-state index in [4.69, 9.17) is 5.26 Å². The fourth-order valence-electron chi connectivity index (χ4n) is 1.03. The molecule has 0 bridgehead atoms. The van der Waals surface area contributed by atoms with E-state index < -0.39 is 0 Å². The molecule has 2 aromatic heterocycles. The van der Waals surface area contributed by atoms with Gasteiger partial charge in [0.05, 0.1) is 17.8 Å². The number of hydrogen-bond donors (Lipinski definition) is 1. The van der Waals surface area contributed by atoms with Crippen LogP contribution < -0.4 is 0 Å². The zero-order valence-corrected chi connectivity index (χ0v) is 7.38. The van der Waals surface area contributed by atoms with Gasteiger partial charge in [-0.25, -0.2) is 15.0 Å². The summed E-state index contributed by atoms with van der Waals surface area (Å²) in [6.45, 7) is 0. The molecule has 2 rings (SSSR count). The van der Waals surface area contributed by atoms with Crippen molar-refractivity contribution in [1.29, 1.82) is 5.26 Å². The smallest absolute Gasteiger partial charge is 0.180 e. The van der Waals surface area contributed by atoms with Crippen LogP contribution in [0, 0.1) is 10.7 Å². The number of imidazole rings is 1. The minimum atomic E-state index is 0.553. The molecule has 0 aliphatic rings. The van der Waals surface area contributed by atoms with Crippen LogP contribution in [0.1, 0.15) is 5.69 Å². The zero-order valence-electron chi connectivity index (χ0n) is 6.56. The minimum absolute atomic E-state index is 0.553. The van der Waals surface area contributed by atoms with Gasteiger partial charge in [0.15, 0.2) is 5.65 Å². The summed E-state index contributed by atoms with van der Waals surface area (Å²) in [4.78, 5) is 15.0. The van der Waals surface area contributed by atoms with Gasteiger partial charge in [0.25, 0.3) is 0 Å². The van der Waals surface area contributed by atoms with E-state index in [1.165, 1.54) is 6.33 Å². The fourth-order valence-corrected chi connectivity index (χ4v) is 1.45. The average Bonchev–Trinajstić information content (AvgIpc) is 2.62. The second-order valence-electron chi connectivity index (χ2n) is 2.30. The van der Waals surface area contributed by atoms with Crippen LogP contribution in [0.4, 0.5) is 0 Å². The van der Waals surface area contributed by atoms with Crippen LogP contribution in [0.2, 0.25) is 0 Å². The van der Waals surface area contributed by atoms with Crippen molar-refractivity contribution < 1.29 is 0 Å². The molecule has 0 saturated carbocycles. The number of aromatic nitrogens is 4. The van der Waals surface area contributed by atoms with Gasteiger partial charge >= 0.3 is 0 Å². The molecule has 0 aliphatic carbocycles. The Morgan fingerprint density at radius 1 is 1.46 bits per heavy atom. The minimum Gasteiger partial charge on any atom is -0.342 e. The number of H-pyrrole nitrogens is 1. The molecule has 2 aromatic rings. The largest absolute Gasteiger partial charge is 0.342 e. The number of nitriles is 1. The molecule has 5 nitrogen and oxygen atoms in total. The van der Waals surface area contributed by atoms with E-state index in [9.17, 15) is 0 Å². The monoisotopic (exact) mass is 191 g/mol. The molecule has 1 N–H and O–H groups in total. The lowest BCUT2D eigenvalue weighted by molar-refractivity contribution is 1.12. The average molecular weight is 191 g/mol. The first-order valence-corrected chi connectivity index (χ1v) is 4.54. The lowest BCUT2D eigenvalue weighted by Crippen LogP contribution is -1.90. The molecule has 6 heteroatoms. The van der Waals surface area contributed by atoms with E-state index >= 15 is 0 Å². The van der Waals surface area contributed by atoms with Gasteiger partial charge in [-0.1, -0.05) is 0 Å². The Labute approximate surface area is 78.2 Å². The number of thiocyanates is 1. The Bertz CT molecular complexity index is 457. The molecule has 0 radical (unpaired) electrons. The highest BCUT2D eigenvalue weighted by molar-refractivity contribution is 8.02. The van der Waals surface area contributed by atoms with Crippen molar-refractivity contribution in [2.45, 2.75) is 5.75 Å².